The molecule has 3 rings (SSSR count). The van der Waals surface area contributed by atoms with E-state index >= 15 is 0 Å². The van der Waals surface area contributed by atoms with Gasteiger partial charge < -0.3 is 9.26 Å². The van der Waals surface area contributed by atoms with Crippen molar-refractivity contribution >= 4 is 11.8 Å². The summed E-state index contributed by atoms with van der Waals surface area (Å²) in [7, 11) is 3.52. The van der Waals surface area contributed by atoms with Crippen LogP contribution < -0.4 is 10.1 Å². The molecule has 0 aliphatic carbocycles. The fourth-order valence-electron chi connectivity index (χ4n) is 2.75. The largest absolute Gasteiger partial charge is 0.497 e. The SMILES string of the molecule is COc1cccc(CN(C)CC(=O)Nc2cc(-c3ccc(C)cc3)no2)c1. The van der Waals surface area contributed by atoms with Gasteiger partial charge in [0.15, 0.2) is 0 Å². The first-order chi connectivity index (χ1) is 13.0. The van der Waals surface area contributed by atoms with Crippen LogP contribution in [0.2, 0.25) is 0 Å². The Morgan fingerprint density at radius 2 is 1.96 bits per heavy atom. The average molecular weight is 365 g/mol. The molecule has 0 atom stereocenters. The van der Waals surface area contributed by atoms with Crippen molar-refractivity contribution in [3.63, 3.8) is 0 Å². The highest BCUT2D eigenvalue weighted by Crippen LogP contribution is 2.22. The van der Waals surface area contributed by atoms with Gasteiger partial charge in [0, 0.05) is 18.2 Å². The highest BCUT2D eigenvalue weighted by Gasteiger charge is 2.12. The Morgan fingerprint density at radius 1 is 1.19 bits per heavy atom. The molecule has 0 saturated carbocycles. The molecule has 1 heterocycles. The van der Waals surface area contributed by atoms with Gasteiger partial charge in [0.1, 0.15) is 11.4 Å². The predicted octanol–water partition coefficient (Wildman–Crippen LogP) is 3.73. The molecule has 0 unspecified atom stereocenters. The van der Waals surface area contributed by atoms with Crippen molar-refractivity contribution in [2.45, 2.75) is 13.5 Å². The van der Waals surface area contributed by atoms with E-state index in [1.165, 1.54) is 5.56 Å². The molecule has 0 spiro atoms. The lowest BCUT2D eigenvalue weighted by atomic mass is 10.1. The van der Waals surface area contributed by atoms with E-state index in [1.807, 2.05) is 67.4 Å². The highest BCUT2D eigenvalue weighted by atomic mass is 16.5. The molecule has 27 heavy (non-hydrogen) atoms. The summed E-state index contributed by atoms with van der Waals surface area (Å²) in [4.78, 5) is 14.2. The van der Waals surface area contributed by atoms with E-state index < -0.39 is 0 Å². The Labute approximate surface area is 158 Å². The van der Waals surface area contributed by atoms with E-state index in [-0.39, 0.29) is 12.5 Å². The zero-order chi connectivity index (χ0) is 19.2. The first-order valence-corrected chi connectivity index (χ1v) is 8.68. The number of nitrogens with one attached hydrogen (secondary N) is 1. The zero-order valence-corrected chi connectivity index (χ0v) is 15.7. The lowest BCUT2D eigenvalue weighted by Crippen LogP contribution is -2.29. The van der Waals surface area contributed by atoms with Crippen LogP contribution in [0.15, 0.2) is 59.1 Å². The van der Waals surface area contributed by atoms with Crippen molar-refractivity contribution in [2.24, 2.45) is 0 Å². The molecule has 0 fully saturated rings. The van der Waals surface area contributed by atoms with Gasteiger partial charge in [0.25, 0.3) is 0 Å². The fraction of sp³-hybridized carbons (Fsp3) is 0.238. The number of nitrogens with zero attached hydrogens (tertiary/aromatic N) is 2. The molecule has 1 N–H and O–H groups in total. The smallest absolute Gasteiger partial charge is 0.240 e. The van der Waals surface area contributed by atoms with Gasteiger partial charge in [0.2, 0.25) is 11.8 Å². The number of ether oxygens (including phenoxy) is 1. The van der Waals surface area contributed by atoms with E-state index in [1.54, 1.807) is 13.2 Å². The second-order valence-electron chi connectivity index (χ2n) is 6.51. The Hall–Kier alpha value is -3.12. The third kappa shape index (κ3) is 5.18. The maximum absolute atomic E-state index is 12.3. The van der Waals surface area contributed by atoms with Gasteiger partial charge in [-0.15, -0.1) is 0 Å². The molecule has 0 bridgehead atoms. The lowest BCUT2D eigenvalue weighted by Gasteiger charge is -2.16. The Morgan fingerprint density at radius 3 is 2.70 bits per heavy atom. The first-order valence-electron chi connectivity index (χ1n) is 8.68. The van der Waals surface area contributed by atoms with Crippen molar-refractivity contribution in [3.05, 3.63) is 65.7 Å². The topological polar surface area (TPSA) is 67.6 Å². The number of amides is 1. The van der Waals surface area contributed by atoms with Crippen LogP contribution in [0.4, 0.5) is 5.88 Å². The number of aryl methyl sites for hydroxylation is 1. The number of aromatic nitrogens is 1. The van der Waals surface area contributed by atoms with Crippen LogP contribution in [0.1, 0.15) is 11.1 Å². The Kier molecular flexibility index (Phi) is 5.88. The van der Waals surface area contributed by atoms with Gasteiger partial charge in [-0.1, -0.05) is 47.1 Å². The summed E-state index contributed by atoms with van der Waals surface area (Å²) in [5.74, 6) is 0.980. The van der Waals surface area contributed by atoms with E-state index in [4.69, 9.17) is 9.26 Å². The Balaban J connectivity index is 1.55. The van der Waals surface area contributed by atoms with Crippen molar-refractivity contribution in [2.75, 3.05) is 26.0 Å². The van der Waals surface area contributed by atoms with E-state index in [2.05, 4.69) is 10.5 Å². The minimum atomic E-state index is -0.160. The van der Waals surface area contributed by atoms with Crippen molar-refractivity contribution in [3.8, 4) is 17.0 Å². The second-order valence-corrected chi connectivity index (χ2v) is 6.51. The number of methoxy groups -OCH3 is 1. The zero-order valence-electron chi connectivity index (χ0n) is 15.7. The molecular formula is C21H23N3O3. The summed E-state index contributed by atoms with van der Waals surface area (Å²) >= 11 is 0. The summed E-state index contributed by atoms with van der Waals surface area (Å²) in [6, 6.07) is 17.5. The maximum atomic E-state index is 12.3. The monoisotopic (exact) mass is 365 g/mol. The molecule has 6 nitrogen and oxygen atoms in total. The summed E-state index contributed by atoms with van der Waals surface area (Å²) < 4.78 is 10.5. The van der Waals surface area contributed by atoms with Crippen molar-refractivity contribution in [1.29, 1.82) is 0 Å². The van der Waals surface area contributed by atoms with E-state index in [0.29, 0.717) is 18.1 Å². The molecule has 3 aromatic rings. The third-order valence-electron chi connectivity index (χ3n) is 4.12. The highest BCUT2D eigenvalue weighted by molar-refractivity contribution is 5.91. The van der Waals surface area contributed by atoms with Crippen molar-refractivity contribution in [1.82, 2.24) is 10.1 Å². The van der Waals surface area contributed by atoms with Crippen LogP contribution in [0.5, 0.6) is 5.75 Å². The van der Waals surface area contributed by atoms with Gasteiger partial charge in [-0.3, -0.25) is 15.0 Å². The van der Waals surface area contributed by atoms with Crippen LogP contribution in [0, 0.1) is 6.92 Å². The third-order valence-corrected chi connectivity index (χ3v) is 4.12. The number of carbonyl (C=O) groups is 1. The van der Waals surface area contributed by atoms with Crippen LogP contribution in [-0.2, 0) is 11.3 Å². The first kappa shape index (κ1) is 18.7. The van der Waals surface area contributed by atoms with Gasteiger partial charge in [-0.25, -0.2) is 0 Å². The van der Waals surface area contributed by atoms with Gasteiger partial charge in [-0.05, 0) is 31.7 Å². The number of carbonyl (C=O) groups excluding carboxylic acids is 1. The molecular weight excluding hydrogens is 342 g/mol. The summed E-state index contributed by atoms with van der Waals surface area (Å²) in [5, 5.41) is 6.77. The minimum Gasteiger partial charge on any atom is -0.497 e. The standard InChI is InChI=1S/C21H23N3O3/c1-15-7-9-17(10-8-15)19-12-21(27-23-19)22-20(25)14-24(2)13-16-5-4-6-18(11-16)26-3/h4-12H,13-14H2,1-3H3,(H,22,25). The average Bonchev–Trinajstić information content (AvgIpc) is 3.10. The summed E-state index contributed by atoms with van der Waals surface area (Å²) in [6.07, 6.45) is 0. The Bertz CT molecular complexity index is 903. The molecule has 1 aromatic heterocycles. The van der Waals surface area contributed by atoms with E-state index in [9.17, 15) is 4.79 Å². The van der Waals surface area contributed by atoms with Gasteiger partial charge in [0.05, 0.1) is 13.7 Å². The molecule has 6 heteroatoms. The molecule has 0 aliphatic rings. The molecule has 140 valence electrons. The summed E-state index contributed by atoms with van der Waals surface area (Å²) in [5.41, 5.74) is 3.89. The van der Waals surface area contributed by atoms with Gasteiger partial charge >= 0.3 is 0 Å². The number of rotatable bonds is 7. The summed E-state index contributed by atoms with van der Waals surface area (Å²) in [6.45, 7) is 2.90. The number of anilines is 1. The van der Waals surface area contributed by atoms with Crippen LogP contribution in [0.3, 0.4) is 0 Å². The molecule has 0 saturated heterocycles. The van der Waals surface area contributed by atoms with Crippen LogP contribution in [-0.4, -0.2) is 36.7 Å². The van der Waals surface area contributed by atoms with Crippen LogP contribution >= 0.6 is 0 Å². The normalized spacial score (nSPS) is 10.8. The number of benzene rings is 2. The van der Waals surface area contributed by atoms with E-state index in [0.717, 1.165) is 16.9 Å². The molecule has 1 amide bonds. The van der Waals surface area contributed by atoms with Crippen LogP contribution in [0.25, 0.3) is 11.3 Å². The molecule has 0 aliphatic heterocycles. The van der Waals surface area contributed by atoms with Crippen molar-refractivity contribution < 1.29 is 14.1 Å². The molecule has 2 aromatic carbocycles. The second kappa shape index (κ2) is 8.51. The number of hydrogen-bond acceptors (Lipinski definition) is 5. The molecule has 0 radical (unpaired) electrons. The fourth-order valence-corrected chi connectivity index (χ4v) is 2.75. The lowest BCUT2D eigenvalue weighted by molar-refractivity contribution is -0.117. The predicted molar refractivity (Wildman–Crippen MR) is 105 cm³/mol. The quantitative estimate of drug-likeness (QED) is 0.691. The maximum Gasteiger partial charge on any atom is 0.240 e. The van der Waals surface area contributed by atoms with Gasteiger partial charge in [-0.2, -0.15) is 0 Å². The number of likely N-dealkylation sites (N-methyl/N-ethyl adjacent to an activating group) is 1. The number of hydrogen-bond donors (Lipinski definition) is 1. The minimum absolute atomic E-state index is 0.160.